The molecule has 0 atom stereocenters. The van der Waals surface area contributed by atoms with Crippen molar-refractivity contribution in [1.29, 1.82) is 0 Å². The van der Waals surface area contributed by atoms with E-state index >= 15 is 0 Å². The number of aliphatic imine (C=N–C) groups is 1. The SMILES string of the molecule is CS(=O)(=O)c1cc(C(=O)N=C(N)N)c(Cl)cc1-c1ccnnc1. The van der Waals surface area contributed by atoms with Crippen LogP contribution in [0.2, 0.25) is 5.02 Å². The van der Waals surface area contributed by atoms with Crippen molar-refractivity contribution in [1.82, 2.24) is 10.2 Å². The number of hydrogen-bond donors (Lipinski definition) is 2. The molecule has 1 amide bonds. The second-order valence-corrected chi connectivity index (χ2v) is 6.96. The third-order valence-corrected chi connectivity index (χ3v) is 4.27. The summed E-state index contributed by atoms with van der Waals surface area (Å²) in [6.45, 7) is 0. The molecule has 120 valence electrons. The van der Waals surface area contributed by atoms with Gasteiger partial charge in [0.05, 0.1) is 27.9 Å². The summed E-state index contributed by atoms with van der Waals surface area (Å²) in [4.78, 5) is 15.2. The molecule has 0 saturated heterocycles. The lowest BCUT2D eigenvalue weighted by Crippen LogP contribution is -2.24. The first-order valence-corrected chi connectivity index (χ1v) is 8.41. The number of benzene rings is 1. The lowest BCUT2D eigenvalue weighted by atomic mass is 10.1. The Morgan fingerprint density at radius 3 is 2.48 bits per heavy atom. The van der Waals surface area contributed by atoms with Gasteiger partial charge in [-0.25, -0.2) is 8.42 Å². The maximum absolute atomic E-state index is 12.1. The standard InChI is InChI=1S/C13H12ClN5O3S/c1-23(21,22)11-5-9(12(20)19-13(15)16)10(14)4-8(11)7-2-3-17-18-6-7/h2-6H,1H3,(H4,15,16,19,20). The Kier molecular flexibility index (Phi) is 4.62. The van der Waals surface area contributed by atoms with Crippen molar-refractivity contribution in [3.05, 3.63) is 41.2 Å². The maximum Gasteiger partial charge on any atom is 0.281 e. The number of hydrogen-bond acceptors (Lipinski definition) is 5. The van der Waals surface area contributed by atoms with Crippen LogP contribution < -0.4 is 11.5 Å². The van der Waals surface area contributed by atoms with E-state index in [1.54, 1.807) is 6.07 Å². The van der Waals surface area contributed by atoms with E-state index < -0.39 is 21.7 Å². The summed E-state index contributed by atoms with van der Waals surface area (Å²) in [7, 11) is -3.65. The van der Waals surface area contributed by atoms with Crippen LogP contribution in [0.15, 0.2) is 40.5 Å². The van der Waals surface area contributed by atoms with Crippen LogP contribution in [0.5, 0.6) is 0 Å². The van der Waals surface area contributed by atoms with Crippen LogP contribution in [0.25, 0.3) is 11.1 Å². The fraction of sp³-hybridized carbons (Fsp3) is 0.0769. The Balaban J connectivity index is 2.74. The summed E-state index contributed by atoms with van der Waals surface area (Å²) in [5.74, 6) is -1.28. The predicted octanol–water partition coefficient (Wildman–Crippen LogP) is 0.614. The van der Waals surface area contributed by atoms with E-state index in [0.717, 1.165) is 12.3 Å². The molecular weight excluding hydrogens is 342 g/mol. The summed E-state index contributed by atoms with van der Waals surface area (Å²) in [5.41, 5.74) is 11.0. The molecule has 10 heteroatoms. The molecule has 8 nitrogen and oxygen atoms in total. The highest BCUT2D eigenvalue weighted by Crippen LogP contribution is 2.32. The van der Waals surface area contributed by atoms with Gasteiger partial charge in [0, 0.05) is 17.4 Å². The summed E-state index contributed by atoms with van der Waals surface area (Å²) < 4.78 is 24.1. The van der Waals surface area contributed by atoms with E-state index in [2.05, 4.69) is 15.2 Å². The molecule has 1 aromatic carbocycles. The highest BCUT2D eigenvalue weighted by molar-refractivity contribution is 7.90. The Hall–Kier alpha value is -2.52. The lowest BCUT2D eigenvalue weighted by Gasteiger charge is -2.11. The minimum Gasteiger partial charge on any atom is -0.370 e. The van der Waals surface area contributed by atoms with E-state index in [4.69, 9.17) is 23.1 Å². The van der Waals surface area contributed by atoms with Gasteiger partial charge in [-0.3, -0.25) is 4.79 Å². The number of aromatic nitrogens is 2. The number of halogens is 1. The van der Waals surface area contributed by atoms with E-state index in [0.29, 0.717) is 11.1 Å². The molecule has 0 aliphatic carbocycles. The molecule has 1 aromatic heterocycles. The number of nitrogens with two attached hydrogens (primary N) is 2. The number of sulfone groups is 1. The number of amides is 1. The molecule has 0 spiro atoms. The zero-order valence-corrected chi connectivity index (χ0v) is 13.5. The first-order chi connectivity index (χ1) is 10.7. The van der Waals surface area contributed by atoms with Gasteiger partial charge >= 0.3 is 0 Å². The van der Waals surface area contributed by atoms with Crippen LogP contribution >= 0.6 is 11.6 Å². The van der Waals surface area contributed by atoms with Gasteiger partial charge in [0.1, 0.15) is 0 Å². The smallest absolute Gasteiger partial charge is 0.281 e. The Morgan fingerprint density at radius 2 is 1.96 bits per heavy atom. The zero-order valence-electron chi connectivity index (χ0n) is 11.9. The zero-order chi connectivity index (χ0) is 17.2. The van der Waals surface area contributed by atoms with E-state index in [1.807, 2.05) is 0 Å². The third kappa shape index (κ3) is 3.82. The molecule has 1 heterocycles. The highest BCUT2D eigenvalue weighted by atomic mass is 35.5. The maximum atomic E-state index is 12.1. The van der Waals surface area contributed by atoms with Crippen LogP contribution in [0, 0.1) is 0 Å². The quantitative estimate of drug-likeness (QED) is 0.608. The van der Waals surface area contributed by atoms with Gasteiger partial charge in [0.2, 0.25) is 0 Å². The molecule has 0 aliphatic heterocycles. The first kappa shape index (κ1) is 16.8. The van der Waals surface area contributed by atoms with E-state index in [-0.39, 0.29) is 15.5 Å². The van der Waals surface area contributed by atoms with E-state index in [1.165, 1.54) is 18.5 Å². The molecule has 0 radical (unpaired) electrons. The van der Waals surface area contributed by atoms with Crippen LogP contribution in [-0.4, -0.2) is 36.7 Å². The van der Waals surface area contributed by atoms with Crippen molar-refractivity contribution in [2.45, 2.75) is 4.90 Å². The van der Waals surface area contributed by atoms with Crippen molar-refractivity contribution in [3.63, 3.8) is 0 Å². The van der Waals surface area contributed by atoms with Crippen LogP contribution in [-0.2, 0) is 9.84 Å². The molecule has 4 N–H and O–H groups in total. The topological polar surface area (TPSA) is 141 Å². The number of rotatable bonds is 3. The van der Waals surface area contributed by atoms with Gasteiger partial charge in [-0.15, -0.1) is 0 Å². The van der Waals surface area contributed by atoms with Gasteiger partial charge in [-0.1, -0.05) is 11.6 Å². The predicted molar refractivity (Wildman–Crippen MR) is 85.7 cm³/mol. The van der Waals surface area contributed by atoms with Gasteiger partial charge in [0.25, 0.3) is 5.91 Å². The average Bonchev–Trinajstić information content (AvgIpc) is 2.45. The Morgan fingerprint density at radius 1 is 1.26 bits per heavy atom. The second kappa shape index (κ2) is 6.31. The first-order valence-electron chi connectivity index (χ1n) is 6.15. The molecule has 0 bridgehead atoms. The van der Waals surface area contributed by atoms with Gasteiger partial charge in [-0.05, 0) is 18.2 Å². The number of carbonyl (C=O) groups is 1. The Bertz CT molecular complexity index is 893. The summed E-state index contributed by atoms with van der Waals surface area (Å²) in [6.07, 6.45) is 3.81. The number of nitrogens with zero attached hydrogens (tertiary/aromatic N) is 3. The van der Waals surface area contributed by atoms with Crippen LogP contribution in [0.4, 0.5) is 0 Å². The average molecular weight is 354 g/mol. The summed E-state index contributed by atoms with van der Waals surface area (Å²) in [5, 5.41) is 7.35. The van der Waals surface area contributed by atoms with E-state index in [9.17, 15) is 13.2 Å². The highest BCUT2D eigenvalue weighted by Gasteiger charge is 2.21. The molecular formula is C13H12ClN5O3S. The van der Waals surface area contributed by atoms with Gasteiger partial charge < -0.3 is 11.5 Å². The molecule has 2 aromatic rings. The second-order valence-electron chi connectivity index (χ2n) is 4.57. The monoisotopic (exact) mass is 353 g/mol. The number of guanidine groups is 1. The van der Waals surface area contributed by atoms with Crippen molar-refractivity contribution in [3.8, 4) is 11.1 Å². The minimum absolute atomic E-state index is 0.0132. The normalized spacial score (nSPS) is 11.0. The Labute approximate surface area is 137 Å². The summed E-state index contributed by atoms with van der Waals surface area (Å²) in [6, 6.07) is 4.07. The largest absolute Gasteiger partial charge is 0.370 e. The lowest BCUT2D eigenvalue weighted by molar-refractivity contribution is 0.100. The van der Waals surface area contributed by atoms with Crippen LogP contribution in [0.3, 0.4) is 0 Å². The fourth-order valence-corrected chi connectivity index (χ4v) is 3.03. The molecule has 0 unspecified atom stereocenters. The fourth-order valence-electron chi connectivity index (χ4n) is 1.88. The molecule has 0 fully saturated rings. The molecule has 0 aliphatic rings. The third-order valence-electron chi connectivity index (χ3n) is 2.83. The molecule has 23 heavy (non-hydrogen) atoms. The summed E-state index contributed by atoms with van der Waals surface area (Å²) >= 11 is 6.08. The van der Waals surface area contributed by atoms with Crippen molar-refractivity contribution in [2.24, 2.45) is 16.5 Å². The van der Waals surface area contributed by atoms with Gasteiger partial charge in [-0.2, -0.15) is 15.2 Å². The van der Waals surface area contributed by atoms with Crippen LogP contribution in [0.1, 0.15) is 10.4 Å². The number of carbonyl (C=O) groups excluding carboxylic acids is 1. The molecule has 2 rings (SSSR count). The minimum atomic E-state index is -3.65. The van der Waals surface area contributed by atoms with Crippen molar-refractivity contribution in [2.75, 3.05) is 6.26 Å². The van der Waals surface area contributed by atoms with Crippen molar-refractivity contribution >= 4 is 33.3 Å². The van der Waals surface area contributed by atoms with Crippen molar-refractivity contribution < 1.29 is 13.2 Å². The van der Waals surface area contributed by atoms with Gasteiger partial charge in [0.15, 0.2) is 15.8 Å². The molecule has 0 saturated carbocycles.